The van der Waals surface area contributed by atoms with Crippen molar-refractivity contribution in [2.45, 2.75) is 25.8 Å². The molecule has 0 saturated heterocycles. The Labute approximate surface area is 125 Å². The number of fused-ring (bicyclic) bond motifs is 1. The average molecular weight is 284 g/mol. The van der Waals surface area contributed by atoms with Gasteiger partial charge in [0, 0.05) is 18.3 Å². The fourth-order valence-corrected chi connectivity index (χ4v) is 2.96. The summed E-state index contributed by atoms with van der Waals surface area (Å²) in [5.41, 5.74) is 4.09. The van der Waals surface area contributed by atoms with E-state index in [1.165, 1.54) is 5.56 Å². The van der Waals surface area contributed by atoms with Gasteiger partial charge in [0.1, 0.15) is 5.82 Å². The summed E-state index contributed by atoms with van der Waals surface area (Å²) in [5.74, 6) is -0.147. The molecule has 0 amide bonds. The van der Waals surface area contributed by atoms with E-state index in [0.717, 1.165) is 30.6 Å². The normalized spacial score (nSPS) is 15.7. The van der Waals surface area contributed by atoms with E-state index in [-0.39, 0.29) is 11.9 Å². The Morgan fingerprint density at radius 2 is 1.95 bits per heavy atom. The van der Waals surface area contributed by atoms with E-state index in [0.29, 0.717) is 5.69 Å². The van der Waals surface area contributed by atoms with Gasteiger partial charge >= 0.3 is 0 Å². The summed E-state index contributed by atoms with van der Waals surface area (Å²) in [5, 5.41) is 3.14. The fourth-order valence-electron chi connectivity index (χ4n) is 2.96. The van der Waals surface area contributed by atoms with Crippen LogP contribution in [-0.4, -0.2) is 13.6 Å². The van der Waals surface area contributed by atoms with E-state index in [9.17, 15) is 4.39 Å². The lowest BCUT2D eigenvalue weighted by Gasteiger charge is -2.31. The zero-order chi connectivity index (χ0) is 14.8. The van der Waals surface area contributed by atoms with Gasteiger partial charge in [0.15, 0.2) is 0 Å². The van der Waals surface area contributed by atoms with Gasteiger partial charge in [-0.3, -0.25) is 0 Å². The van der Waals surface area contributed by atoms with Crippen LogP contribution in [0.1, 0.15) is 30.5 Å². The van der Waals surface area contributed by atoms with Crippen LogP contribution in [-0.2, 0) is 6.42 Å². The Balaban J connectivity index is 1.98. The summed E-state index contributed by atoms with van der Waals surface area (Å²) >= 11 is 0. The average Bonchev–Trinajstić information content (AvgIpc) is 2.53. The maximum Gasteiger partial charge on any atom is 0.147 e. The highest BCUT2D eigenvalue weighted by atomic mass is 19.1. The third-order valence-corrected chi connectivity index (χ3v) is 4.31. The van der Waals surface area contributed by atoms with Crippen molar-refractivity contribution in [2.75, 3.05) is 18.5 Å². The number of rotatable bonds is 3. The third kappa shape index (κ3) is 2.66. The standard InChI is InChI=1S/C18H21FN2/c1-13(20-2)15-9-10-18(16(19)12-15)21-11-5-7-14-6-3-4-8-17(14)21/h3-4,6,8-10,12-13,20H,5,7,11H2,1-2H3. The number of anilines is 2. The van der Waals surface area contributed by atoms with Crippen molar-refractivity contribution in [1.82, 2.24) is 5.32 Å². The van der Waals surface area contributed by atoms with E-state index in [1.54, 1.807) is 6.07 Å². The number of hydrogen-bond acceptors (Lipinski definition) is 2. The molecule has 2 aromatic rings. The second kappa shape index (κ2) is 5.86. The minimum Gasteiger partial charge on any atom is -0.339 e. The van der Waals surface area contributed by atoms with Crippen LogP contribution in [0.25, 0.3) is 0 Å². The Morgan fingerprint density at radius 1 is 1.14 bits per heavy atom. The van der Waals surface area contributed by atoms with Crippen LogP contribution in [0.15, 0.2) is 42.5 Å². The van der Waals surface area contributed by atoms with Crippen LogP contribution < -0.4 is 10.2 Å². The zero-order valence-corrected chi connectivity index (χ0v) is 12.6. The number of nitrogens with zero attached hydrogens (tertiary/aromatic N) is 1. The molecule has 1 aliphatic rings. The van der Waals surface area contributed by atoms with Crippen LogP contribution in [0, 0.1) is 5.82 Å². The molecule has 0 aliphatic carbocycles. The molecule has 110 valence electrons. The van der Waals surface area contributed by atoms with Gasteiger partial charge in [0.2, 0.25) is 0 Å². The molecule has 0 radical (unpaired) electrons. The first-order chi connectivity index (χ1) is 10.2. The van der Waals surface area contributed by atoms with E-state index >= 15 is 0 Å². The van der Waals surface area contributed by atoms with Crippen molar-refractivity contribution in [1.29, 1.82) is 0 Å². The molecule has 1 atom stereocenters. The predicted molar refractivity (Wildman–Crippen MR) is 85.6 cm³/mol. The van der Waals surface area contributed by atoms with Gasteiger partial charge in [-0.25, -0.2) is 4.39 Å². The van der Waals surface area contributed by atoms with Crippen molar-refractivity contribution < 1.29 is 4.39 Å². The predicted octanol–water partition coefficient (Wildman–Crippen LogP) is 4.19. The minimum absolute atomic E-state index is 0.147. The molecule has 3 heteroatoms. The summed E-state index contributed by atoms with van der Waals surface area (Å²) in [4.78, 5) is 2.10. The zero-order valence-electron chi connectivity index (χ0n) is 12.6. The number of benzene rings is 2. The van der Waals surface area contributed by atoms with Crippen LogP contribution in [0.4, 0.5) is 15.8 Å². The van der Waals surface area contributed by atoms with Gasteiger partial charge < -0.3 is 10.2 Å². The molecular formula is C18H21FN2. The molecular weight excluding hydrogens is 263 g/mol. The number of nitrogens with one attached hydrogen (secondary N) is 1. The van der Waals surface area contributed by atoms with Gasteiger partial charge in [-0.2, -0.15) is 0 Å². The molecule has 0 aromatic heterocycles. The van der Waals surface area contributed by atoms with Gasteiger partial charge in [0.05, 0.1) is 5.69 Å². The Hall–Kier alpha value is -1.87. The van der Waals surface area contributed by atoms with Crippen LogP contribution in [0.2, 0.25) is 0 Å². The first-order valence-electron chi connectivity index (χ1n) is 7.53. The molecule has 21 heavy (non-hydrogen) atoms. The van der Waals surface area contributed by atoms with Crippen LogP contribution in [0.5, 0.6) is 0 Å². The molecule has 1 unspecified atom stereocenters. The molecule has 0 spiro atoms. The first-order valence-corrected chi connectivity index (χ1v) is 7.53. The van der Waals surface area contributed by atoms with Gasteiger partial charge in [-0.1, -0.05) is 24.3 Å². The Kier molecular flexibility index (Phi) is 3.93. The maximum absolute atomic E-state index is 14.6. The lowest BCUT2D eigenvalue weighted by molar-refractivity contribution is 0.604. The minimum atomic E-state index is -0.147. The summed E-state index contributed by atoms with van der Waals surface area (Å²) in [7, 11) is 1.89. The van der Waals surface area contributed by atoms with Crippen molar-refractivity contribution >= 4 is 11.4 Å². The van der Waals surface area contributed by atoms with Crippen LogP contribution >= 0.6 is 0 Å². The van der Waals surface area contributed by atoms with E-state index in [1.807, 2.05) is 32.2 Å². The molecule has 3 rings (SSSR count). The first kappa shape index (κ1) is 14.1. The topological polar surface area (TPSA) is 15.3 Å². The number of para-hydroxylation sites is 1. The monoisotopic (exact) mass is 284 g/mol. The number of aryl methyl sites for hydroxylation is 1. The largest absolute Gasteiger partial charge is 0.339 e. The quantitative estimate of drug-likeness (QED) is 0.909. The fraction of sp³-hybridized carbons (Fsp3) is 0.333. The molecule has 1 N–H and O–H groups in total. The van der Waals surface area contributed by atoms with Crippen LogP contribution in [0.3, 0.4) is 0 Å². The SMILES string of the molecule is CNC(C)c1ccc(N2CCCc3ccccc32)c(F)c1. The number of hydrogen-bond donors (Lipinski definition) is 1. The number of halogens is 1. The van der Waals surface area contributed by atoms with E-state index < -0.39 is 0 Å². The van der Waals surface area contributed by atoms with Crippen molar-refractivity contribution in [3.05, 3.63) is 59.4 Å². The van der Waals surface area contributed by atoms with E-state index in [2.05, 4.69) is 28.4 Å². The maximum atomic E-state index is 14.6. The van der Waals surface area contributed by atoms with Crippen molar-refractivity contribution in [3.8, 4) is 0 Å². The molecule has 2 nitrogen and oxygen atoms in total. The molecule has 1 heterocycles. The second-order valence-corrected chi connectivity index (χ2v) is 5.61. The lowest BCUT2D eigenvalue weighted by Crippen LogP contribution is -2.25. The summed E-state index contributed by atoms with van der Waals surface area (Å²) < 4.78 is 14.6. The molecule has 2 aromatic carbocycles. The van der Waals surface area contributed by atoms with Crippen molar-refractivity contribution in [2.24, 2.45) is 0 Å². The molecule has 0 fully saturated rings. The summed E-state index contributed by atoms with van der Waals surface area (Å²) in [6.07, 6.45) is 2.13. The van der Waals surface area contributed by atoms with Crippen molar-refractivity contribution in [3.63, 3.8) is 0 Å². The van der Waals surface area contributed by atoms with E-state index in [4.69, 9.17) is 0 Å². The Bertz CT molecular complexity index is 639. The van der Waals surface area contributed by atoms with Gasteiger partial charge in [0.25, 0.3) is 0 Å². The second-order valence-electron chi connectivity index (χ2n) is 5.61. The van der Waals surface area contributed by atoms with Gasteiger partial charge in [-0.15, -0.1) is 0 Å². The molecule has 0 saturated carbocycles. The van der Waals surface area contributed by atoms with Gasteiger partial charge in [-0.05, 0) is 56.1 Å². The highest BCUT2D eigenvalue weighted by Gasteiger charge is 2.20. The summed E-state index contributed by atoms with van der Waals surface area (Å²) in [6, 6.07) is 14.0. The molecule has 1 aliphatic heterocycles. The summed E-state index contributed by atoms with van der Waals surface area (Å²) in [6.45, 7) is 2.90. The lowest BCUT2D eigenvalue weighted by atomic mass is 10.0. The molecule has 0 bridgehead atoms. The highest BCUT2D eigenvalue weighted by molar-refractivity contribution is 5.68. The third-order valence-electron chi connectivity index (χ3n) is 4.31. The Morgan fingerprint density at radius 3 is 2.71 bits per heavy atom. The highest BCUT2D eigenvalue weighted by Crippen LogP contribution is 2.35. The smallest absolute Gasteiger partial charge is 0.147 e.